The predicted octanol–water partition coefficient (Wildman–Crippen LogP) is 1.20. The summed E-state index contributed by atoms with van der Waals surface area (Å²) in [5.41, 5.74) is 0. The molecule has 1 N–H and O–H groups in total. The van der Waals surface area contributed by atoms with Gasteiger partial charge in [0, 0.05) is 19.7 Å². The molecule has 0 aliphatic rings. The van der Waals surface area contributed by atoms with Crippen LogP contribution in [0, 0.1) is 0 Å². The van der Waals surface area contributed by atoms with Gasteiger partial charge in [-0.05, 0) is 13.8 Å². The summed E-state index contributed by atoms with van der Waals surface area (Å²) < 4.78 is 10.6. The van der Waals surface area contributed by atoms with Gasteiger partial charge in [-0.1, -0.05) is 6.08 Å². The Bertz CT molecular complexity index is 117. The lowest BCUT2D eigenvalue weighted by Gasteiger charge is -2.12. The molecule has 0 aromatic rings. The van der Waals surface area contributed by atoms with Gasteiger partial charge in [0.1, 0.15) is 0 Å². The van der Waals surface area contributed by atoms with Gasteiger partial charge in [0.25, 0.3) is 0 Å². The molecule has 0 aliphatic heterocycles. The zero-order chi connectivity index (χ0) is 9.94. The molecule has 0 bridgehead atoms. The molecule has 0 aromatic carbocycles. The Labute approximate surface area is 81.1 Å². The summed E-state index contributed by atoms with van der Waals surface area (Å²) in [6, 6.07) is 0. The first-order valence-electron chi connectivity index (χ1n) is 4.82. The Hall–Kier alpha value is -0.380. The average molecular weight is 187 g/mol. The third kappa shape index (κ3) is 9.53. The number of ether oxygens (including phenoxy) is 2. The van der Waals surface area contributed by atoms with Crippen LogP contribution in [-0.2, 0) is 9.47 Å². The van der Waals surface area contributed by atoms with Crippen LogP contribution in [0.5, 0.6) is 0 Å². The summed E-state index contributed by atoms with van der Waals surface area (Å²) in [6.45, 7) is 11.4. The molecule has 0 rings (SSSR count). The van der Waals surface area contributed by atoms with Gasteiger partial charge in [0.15, 0.2) is 0 Å². The van der Waals surface area contributed by atoms with Crippen LogP contribution in [0.3, 0.4) is 0 Å². The second-order valence-electron chi connectivity index (χ2n) is 2.83. The lowest BCUT2D eigenvalue weighted by Crippen LogP contribution is -2.27. The van der Waals surface area contributed by atoms with Crippen molar-refractivity contribution in [1.82, 2.24) is 5.32 Å². The van der Waals surface area contributed by atoms with Crippen molar-refractivity contribution in [2.24, 2.45) is 0 Å². The average Bonchev–Trinajstić information content (AvgIpc) is 2.13. The van der Waals surface area contributed by atoms with Crippen molar-refractivity contribution in [3.05, 3.63) is 12.7 Å². The van der Waals surface area contributed by atoms with Gasteiger partial charge < -0.3 is 14.8 Å². The van der Waals surface area contributed by atoms with E-state index in [-0.39, 0.29) is 6.10 Å². The Morgan fingerprint density at radius 3 is 2.85 bits per heavy atom. The van der Waals surface area contributed by atoms with E-state index in [4.69, 9.17) is 9.47 Å². The zero-order valence-corrected chi connectivity index (χ0v) is 8.71. The van der Waals surface area contributed by atoms with Crippen LogP contribution in [0.25, 0.3) is 0 Å². The number of rotatable bonds is 9. The second kappa shape index (κ2) is 9.71. The molecule has 0 radical (unpaired) electrons. The smallest absolute Gasteiger partial charge is 0.0704 e. The summed E-state index contributed by atoms with van der Waals surface area (Å²) in [7, 11) is 0. The van der Waals surface area contributed by atoms with Crippen LogP contribution in [0.2, 0.25) is 0 Å². The largest absolute Gasteiger partial charge is 0.379 e. The maximum atomic E-state index is 5.47. The van der Waals surface area contributed by atoms with E-state index in [1.165, 1.54) is 0 Å². The first kappa shape index (κ1) is 12.6. The van der Waals surface area contributed by atoms with Crippen molar-refractivity contribution in [3.8, 4) is 0 Å². The fourth-order valence-electron chi connectivity index (χ4n) is 0.900. The summed E-state index contributed by atoms with van der Waals surface area (Å²) in [4.78, 5) is 0. The number of hydrogen-bond acceptors (Lipinski definition) is 3. The molecule has 3 heteroatoms. The minimum atomic E-state index is 0.236. The summed E-state index contributed by atoms with van der Waals surface area (Å²) >= 11 is 0. The van der Waals surface area contributed by atoms with Crippen molar-refractivity contribution >= 4 is 0 Å². The van der Waals surface area contributed by atoms with E-state index in [9.17, 15) is 0 Å². The normalized spacial score (nSPS) is 12.8. The van der Waals surface area contributed by atoms with Crippen molar-refractivity contribution in [2.45, 2.75) is 20.0 Å². The first-order valence-corrected chi connectivity index (χ1v) is 4.82. The molecule has 1 unspecified atom stereocenters. The molecule has 3 nitrogen and oxygen atoms in total. The minimum absolute atomic E-state index is 0.236. The molecular weight excluding hydrogens is 166 g/mol. The highest BCUT2D eigenvalue weighted by atomic mass is 16.5. The summed E-state index contributed by atoms with van der Waals surface area (Å²) in [6.07, 6.45) is 2.08. The van der Waals surface area contributed by atoms with Gasteiger partial charge in [0.05, 0.1) is 19.3 Å². The van der Waals surface area contributed by atoms with Crippen molar-refractivity contribution in [2.75, 3.05) is 32.9 Å². The van der Waals surface area contributed by atoms with E-state index in [1.54, 1.807) is 0 Å². The molecule has 0 fully saturated rings. The predicted molar refractivity (Wildman–Crippen MR) is 55.0 cm³/mol. The van der Waals surface area contributed by atoms with E-state index in [2.05, 4.69) is 11.9 Å². The van der Waals surface area contributed by atoms with Gasteiger partial charge in [-0.2, -0.15) is 0 Å². The Morgan fingerprint density at radius 2 is 2.23 bits per heavy atom. The molecule has 13 heavy (non-hydrogen) atoms. The standard InChI is InChI=1S/C10H21NO2/c1-4-6-11-9-10(3)13-8-7-12-5-2/h4,10-11H,1,5-9H2,2-3H3. The van der Waals surface area contributed by atoms with Crippen molar-refractivity contribution in [3.63, 3.8) is 0 Å². The van der Waals surface area contributed by atoms with Gasteiger partial charge in [0.2, 0.25) is 0 Å². The van der Waals surface area contributed by atoms with Gasteiger partial charge >= 0.3 is 0 Å². The van der Waals surface area contributed by atoms with E-state index < -0.39 is 0 Å². The summed E-state index contributed by atoms with van der Waals surface area (Å²) in [5, 5.41) is 3.19. The lowest BCUT2D eigenvalue weighted by atomic mass is 10.4. The Morgan fingerprint density at radius 1 is 1.46 bits per heavy atom. The van der Waals surface area contributed by atoms with Crippen LogP contribution in [0.4, 0.5) is 0 Å². The van der Waals surface area contributed by atoms with Crippen LogP contribution in [0.1, 0.15) is 13.8 Å². The van der Waals surface area contributed by atoms with Gasteiger partial charge in [-0.25, -0.2) is 0 Å². The molecule has 0 amide bonds. The van der Waals surface area contributed by atoms with E-state index in [0.29, 0.717) is 13.2 Å². The van der Waals surface area contributed by atoms with E-state index in [1.807, 2.05) is 19.9 Å². The van der Waals surface area contributed by atoms with Crippen LogP contribution in [-0.4, -0.2) is 39.0 Å². The van der Waals surface area contributed by atoms with E-state index in [0.717, 1.165) is 19.7 Å². The molecule has 0 saturated heterocycles. The van der Waals surface area contributed by atoms with E-state index >= 15 is 0 Å². The van der Waals surface area contributed by atoms with Crippen LogP contribution < -0.4 is 5.32 Å². The molecule has 0 spiro atoms. The van der Waals surface area contributed by atoms with Crippen LogP contribution >= 0.6 is 0 Å². The number of nitrogens with one attached hydrogen (secondary N) is 1. The topological polar surface area (TPSA) is 30.5 Å². The second-order valence-corrected chi connectivity index (χ2v) is 2.83. The highest BCUT2D eigenvalue weighted by molar-refractivity contribution is 4.70. The maximum absolute atomic E-state index is 5.47. The maximum Gasteiger partial charge on any atom is 0.0704 e. The molecule has 0 heterocycles. The van der Waals surface area contributed by atoms with Crippen LogP contribution in [0.15, 0.2) is 12.7 Å². The lowest BCUT2D eigenvalue weighted by molar-refractivity contribution is 0.0162. The molecule has 1 atom stereocenters. The quantitative estimate of drug-likeness (QED) is 0.434. The van der Waals surface area contributed by atoms with Crippen molar-refractivity contribution < 1.29 is 9.47 Å². The molecule has 0 saturated carbocycles. The molecule has 0 aromatic heterocycles. The monoisotopic (exact) mass is 187 g/mol. The third-order valence-electron chi connectivity index (χ3n) is 1.55. The summed E-state index contributed by atoms with van der Waals surface area (Å²) in [5.74, 6) is 0. The Kier molecular flexibility index (Phi) is 9.42. The third-order valence-corrected chi connectivity index (χ3v) is 1.55. The van der Waals surface area contributed by atoms with Gasteiger partial charge in [-0.3, -0.25) is 0 Å². The van der Waals surface area contributed by atoms with Crippen molar-refractivity contribution in [1.29, 1.82) is 0 Å². The molecular formula is C10H21NO2. The Balaban J connectivity index is 3.09. The van der Waals surface area contributed by atoms with Gasteiger partial charge in [-0.15, -0.1) is 6.58 Å². The fraction of sp³-hybridized carbons (Fsp3) is 0.800. The first-order chi connectivity index (χ1) is 6.31. The number of hydrogen-bond donors (Lipinski definition) is 1. The SMILES string of the molecule is C=CCNCC(C)OCCOCC. The highest BCUT2D eigenvalue weighted by Crippen LogP contribution is 1.88. The molecule has 78 valence electrons. The molecule has 0 aliphatic carbocycles. The fourth-order valence-corrected chi connectivity index (χ4v) is 0.900. The highest BCUT2D eigenvalue weighted by Gasteiger charge is 1.99. The minimum Gasteiger partial charge on any atom is -0.379 e. The zero-order valence-electron chi connectivity index (χ0n) is 8.71.